The number of nitrogens with zero attached hydrogens (tertiary/aromatic N) is 3. The van der Waals surface area contributed by atoms with Gasteiger partial charge in [0.1, 0.15) is 23.3 Å². The summed E-state index contributed by atoms with van der Waals surface area (Å²) in [6, 6.07) is 15.0. The van der Waals surface area contributed by atoms with Crippen molar-refractivity contribution in [2.24, 2.45) is 0 Å². The number of urea groups is 1. The van der Waals surface area contributed by atoms with Gasteiger partial charge in [0, 0.05) is 31.0 Å². The Hall–Kier alpha value is -3.68. The van der Waals surface area contributed by atoms with Crippen LogP contribution in [0.4, 0.5) is 27.9 Å². The monoisotopic (exact) mass is 391 g/mol. The summed E-state index contributed by atoms with van der Waals surface area (Å²) in [5.74, 6) is 2.67. The van der Waals surface area contributed by atoms with E-state index in [0.29, 0.717) is 36.4 Å². The largest absolute Gasteiger partial charge is 0.368 e. The van der Waals surface area contributed by atoms with Crippen molar-refractivity contribution in [3.63, 3.8) is 0 Å². The molecule has 3 aromatic rings. The molecule has 4 N–H and O–H groups in total. The van der Waals surface area contributed by atoms with Crippen LogP contribution in [0.1, 0.15) is 18.3 Å². The van der Waals surface area contributed by atoms with Crippen LogP contribution in [0.25, 0.3) is 0 Å². The zero-order valence-electron chi connectivity index (χ0n) is 16.6. The van der Waals surface area contributed by atoms with E-state index in [2.05, 4.69) is 43.1 Å². The molecule has 0 atom stereocenters. The zero-order chi connectivity index (χ0) is 20.5. The molecule has 2 heterocycles. The second-order valence-electron chi connectivity index (χ2n) is 6.39. The van der Waals surface area contributed by atoms with Gasteiger partial charge in [-0.05, 0) is 43.2 Å². The molecule has 3 rings (SSSR count). The Labute approximate surface area is 170 Å². The summed E-state index contributed by atoms with van der Waals surface area (Å²) in [6.07, 6.45) is 2.64. The number of anilines is 4. The highest BCUT2D eigenvalue weighted by molar-refractivity contribution is 5.89. The molecule has 2 aromatic heterocycles. The number of pyridine rings is 1. The second kappa shape index (κ2) is 10.0. The van der Waals surface area contributed by atoms with Crippen LogP contribution in [0.5, 0.6) is 0 Å². The number of aryl methyl sites for hydroxylation is 2. The van der Waals surface area contributed by atoms with Gasteiger partial charge in [-0.3, -0.25) is 0 Å². The van der Waals surface area contributed by atoms with E-state index in [1.54, 1.807) is 12.3 Å². The molecule has 150 valence electrons. The number of aromatic nitrogens is 3. The van der Waals surface area contributed by atoms with Gasteiger partial charge in [-0.1, -0.05) is 25.1 Å². The van der Waals surface area contributed by atoms with Gasteiger partial charge < -0.3 is 21.3 Å². The molecule has 1 aromatic carbocycles. The van der Waals surface area contributed by atoms with Gasteiger partial charge in [-0.25, -0.2) is 19.7 Å². The first kappa shape index (κ1) is 20.1. The number of rotatable bonds is 8. The lowest BCUT2D eigenvalue weighted by Crippen LogP contribution is -2.32. The van der Waals surface area contributed by atoms with Crippen molar-refractivity contribution in [2.45, 2.75) is 20.3 Å². The molecule has 0 aliphatic rings. The van der Waals surface area contributed by atoms with Crippen LogP contribution in [-0.2, 0) is 6.42 Å². The Bertz CT molecular complexity index is 947. The van der Waals surface area contributed by atoms with Crippen LogP contribution < -0.4 is 21.3 Å². The summed E-state index contributed by atoms with van der Waals surface area (Å²) < 4.78 is 0. The SMILES string of the molecule is CCc1cccc(NC(=O)NCCNc2cc(Nc3ccccn3)nc(C)n2)c1. The molecule has 0 spiro atoms. The number of amides is 2. The van der Waals surface area contributed by atoms with E-state index in [-0.39, 0.29) is 6.03 Å². The van der Waals surface area contributed by atoms with Gasteiger partial charge in [0.25, 0.3) is 0 Å². The molecule has 0 radical (unpaired) electrons. The fourth-order valence-corrected chi connectivity index (χ4v) is 2.70. The average Bonchev–Trinajstić information content (AvgIpc) is 2.72. The minimum absolute atomic E-state index is 0.239. The van der Waals surface area contributed by atoms with Gasteiger partial charge in [-0.2, -0.15) is 0 Å². The standard InChI is InChI=1S/C21H25N7O/c1-3-16-7-6-8-17(13-16)27-21(29)24-12-11-23-19-14-20(26-15(2)25-19)28-18-9-4-5-10-22-18/h4-10,13-14H,3,11-12H2,1-2H3,(H2,24,27,29)(H2,22,23,25,26,28). The van der Waals surface area contributed by atoms with Crippen LogP contribution in [0.3, 0.4) is 0 Å². The van der Waals surface area contributed by atoms with Crippen molar-refractivity contribution >= 4 is 29.2 Å². The van der Waals surface area contributed by atoms with Crippen LogP contribution in [0.2, 0.25) is 0 Å². The third-order valence-electron chi connectivity index (χ3n) is 4.07. The van der Waals surface area contributed by atoms with Crippen LogP contribution >= 0.6 is 0 Å². The lowest BCUT2D eigenvalue weighted by molar-refractivity contribution is 0.252. The molecular formula is C21H25N7O. The molecule has 29 heavy (non-hydrogen) atoms. The van der Waals surface area contributed by atoms with E-state index in [4.69, 9.17) is 0 Å². The molecule has 0 saturated carbocycles. The summed E-state index contributed by atoms with van der Waals surface area (Å²) in [6.45, 7) is 4.88. The first-order chi connectivity index (χ1) is 14.1. The van der Waals surface area contributed by atoms with Crippen molar-refractivity contribution in [3.05, 3.63) is 66.1 Å². The Morgan fingerprint density at radius 2 is 1.83 bits per heavy atom. The van der Waals surface area contributed by atoms with E-state index in [0.717, 1.165) is 12.1 Å². The topological polar surface area (TPSA) is 104 Å². The van der Waals surface area contributed by atoms with E-state index in [9.17, 15) is 4.79 Å². The van der Waals surface area contributed by atoms with Gasteiger partial charge in [0.15, 0.2) is 0 Å². The number of hydrogen-bond acceptors (Lipinski definition) is 6. The molecule has 2 amide bonds. The Kier molecular flexibility index (Phi) is 6.94. The number of carbonyl (C=O) groups is 1. The first-order valence-corrected chi connectivity index (χ1v) is 9.54. The van der Waals surface area contributed by atoms with Crippen LogP contribution in [0, 0.1) is 6.92 Å². The molecule has 0 aliphatic heterocycles. The minimum Gasteiger partial charge on any atom is -0.368 e. The quantitative estimate of drug-likeness (QED) is 0.436. The molecule has 0 saturated heterocycles. The van der Waals surface area contributed by atoms with Crippen molar-refractivity contribution in [1.82, 2.24) is 20.3 Å². The predicted molar refractivity (Wildman–Crippen MR) is 116 cm³/mol. The molecule has 8 nitrogen and oxygen atoms in total. The first-order valence-electron chi connectivity index (χ1n) is 9.54. The number of carbonyl (C=O) groups excluding carboxylic acids is 1. The summed E-state index contributed by atoms with van der Waals surface area (Å²) in [5, 5.41) is 12.0. The maximum atomic E-state index is 12.0. The highest BCUT2D eigenvalue weighted by Gasteiger charge is 2.04. The van der Waals surface area contributed by atoms with Gasteiger partial charge in [-0.15, -0.1) is 0 Å². The minimum atomic E-state index is -0.239. The summed E-state index contributed by atoms with van der Waals surface area (Å²) in [7, 11) is 0. The molecular weight excluding hydrogens is 366 g/mol. The van der Waals surface area contributed by atoms with Crippen molar-refractivity contribution < 1.29 is 4.79 Å². The predicted octanol–water partition coefficient (Wildman–Crippen LogP) is 3.72. The fraction of sp³-hybridized carbons (Fsp3) is 0.238. The van der Waals surface area contributed by atoms with E-state index in [1.165, 1.54) is 5.56 Å². The normalized spacial score (nSPS) is 10.3. The zero-order valence-corrected chi connectivity index (χ0v) is 16.6. The van der Waals surface area contributed by atoms with Crippen LogP contribution in [-0.4, -0.2) is 34.1 Å². The summed E-state index contributed by atoms with van der Waals surface area (Å²) in [5.41, 5.74) is 1.96. The third kappa shape index (κ3) is 6.46. The smallest absolute Gasteiger partial charge is 0.319 e. The Morgan fingerprint density at radius 1 is 0.966 bits per heavy atom. The highest BCUT2D eigenvalue weighted by atomic mass is 16.2. The van der Waals surface area contributed by atoms with E-state index >= 15 is 0 Å². The molecule has 0 unspecified atom stereocenters. The molecule has 8 heteroatoms. The number of benzene rings is 1. The summed E-state index contributed by atoms with van der Waals surface area (Å²) in [4.78, 5) is 25.0. The third-order valence-corrected chi connectivity index (χ3v) is 4.07. The lowest BCUT2D eigenvalue weighted by atomic mass is 10.1. The molecule has 0 fully saturated rings. The number of nitrogens with one attached hydrogen (secondary N) is 4. The molecule has 0 bridgehead atoms. The Balaban J connectivity index is 1.46. The maximum Gasteiger partial charge on any atom is 0.319 e. The molecule has 0 aliphatic carbocycles. The highest BCUT2D eigenvalue weighted by Crippen LogP contribution is 2.15. The second-order valence-corrected chi connectivity index (χ2v) is 6.39. The van der Waals surface area contributed by atoms with Gasteiger partial charge in [0.2, 0.25) is 0 Å². The van der Waals surface area contributed by atoms with Gasteiger partial charge >= 0.3 is 6.03 Å². The number of hydrogen-bond donors (Lipinski definition) is 4. The van der Waals surface area contributed by atoms with Crippen LogP contribution in [0.15, 0.2) is 54.7 Å². The Morgan fingerprint density at radius 3 is 2.62 bits per heavy atom. The lowest BCUT2D eigenvalue weighted by Gasteiger charge is -2.11. The summed E-state index contributed by atoms with van der Waals surface area (Å²) >= 11 is 0. The van der Waals surface area contributed by atoms with Crippen molar-refractivity contribution in [2.75, 3.05) is 29.0 Å². The van der Waals surface area contributed by atoms with Crippen molar-refractivity contribution in [1.29, 1.82) is 0 Å². The van der Waals surface area contributed by atoms with E-state index in [1.807, 2.05) is 49.4 Å². The van der Waals surface area contributed by atoms with E-state index < -0.39 is 0 Å². The maximum absolute atomic E-state index is 12.0. The van der Waals surface area contributed by atoms with Crippen molar-refractivity contribution in [3.8, 4) is 0 Å². The average molecular weight is 391 g/mol. The fourth-order valence-electron chi connectivity index (χ4n) is 2.70. The van der Waals surface area contributed by atoms with Gasteiger partial charge in [0.05, 0.1) is 0 Å².